The predicted molar refractivity (Wildman–Crippen MR) is 119 cm³/mol. The minimum atomic E-state index is -0.438. The van der Waals surface area contributed by atoms with Crippen molar-refractivity contribution in [2.45, 2.75) is 32.9 Å². The zero-order valence-electron chi connectivity index (χ0n) is 17.7. The van der Waals surface area contributed by atoms with Crippen molar-refractivity contribution in [1.29, 1.82) is 0 Å². The van der Waals surface area contributed by atoms with Crippen molar-refractivity contribution >= 4 is 17.5 Å². The Labute approximate surface area is 181 Å². The van der Waals surface area contributed by atoms with E-state index < -0.39 is 6.04 Å². The Morgan fingerprint density at radius 2 is 1.84 bits per heavy atom. The van der Waals surface area contributed by atoms with E-state index in [2.05, 4.69) is 10.3 Å². The summed E-state index contributed by atoms with van der Waals surface area (Å²) in [5, 5.41) is 2.96. The fourth-order valence-electron chi connectivity index (χ4n) is 3.77. The van der Waals surface area contributed by atoms with E-state index in [-0.39, 0.29) is 18.2 Å². The maximum atomic E-state index is 13.1. The quantitative estimate of drug-likeness (QED) is 0.628. The van der Waals surface area contributed by atoms with Crippen LogP contribution in [0.4, 0.5) is 5.69 Å². The number of aromatic nitrogens is 1. The Balaban J connectivity index is 1.49. The van der Waals surface area contributed by atoms with E-state index in [4.69, 9.17) is 4.74 Å². The molecular weight excluding hydrogens is 390 g/mol. The molecule has 0 saturated heterocycles. The van der Waals surface area contributed by atoms with E-state index in [0.717, 1.165) is 22.6 Å². The van der Waals surface area contributed by atoms with Crippen LogP contribution in [0.1, 0.15) is 46.6 Å². The number of pyridine rings is 1. The topological polar surface area (TPSA) is 71.5 Å². The molecule has 2 aromatic carbocycles. The molecule has 0 fully saturated rings. The molecule has 2 amide bonds. The largest absolute Gasteiger partial charge is 0.494 e. The number of rotatable bonds is 7. The third-order valence-corrected chi connectivity index (χ3v) is 5.33. The summed E-state index contributed by atoms with van der Waals surface area (Å²) in [5.41, 5.74) is 4.04. The van der Waals surface area contributed by atoms with E-state index in [0.29, 0.717) is 24.4 Å². The molecule has 4 rings (SSSR count). The molecule has 1 aliphatic heterocycles. The summed E-state index contributed by atoms with van der Waals surface area (Å²) < 4.78 is 5.45. The Morgan fingerprint density at radius 1 is 1.10 bits per heavy atom. The number of carbonyl (C=O) groups is 2. The average molecular weight is 415 g/mol. The second-order valence-corrected chi connectivity index (χ2v) is 7.52. The Morgan fingerprint density at radius 3 is 2.55 bits per heavy atom. The zero-order valence-corrected chi connectivity index (χ0v) is 17.7. The summed E-state index contributed by atoms with van der Waals surface area (Å²) >= 11 is 0. The molecular formula is C25H25N3O3. The molecule has 0 bridgehead atoms. The fourth-order valence-corrected chi connectivity index (χ4v) is 3.77. The Bertz CT molecular complexity index is 1080. The van der Waals surface area contributed by atoms with Crippen LogP contribution in [0.25, 0.3) is 0 Å². The standard InChI is InChI=1S/C25H25N3O3/c1-3-31-20-12-8-18(9-13-20)16-27-23(29)15-22-24-21(5-4-14-26-24)25(30)28(22)19-10-6-17(2)7-11-19/h4-14,22H,3,15-16H2,1-2H3,(H,27,29)/t22-/m1/s1. The first kappa shape index (κ1) is 20.6. The van der Waals surface area contributed by atoms with Crippen molar-refractivity contribution < 1.29 is 14.3 Å². The van der Waals surface area contributed by atoms with Crippen LogP contribution in [0, 0.1) is 6.92 Å². The van der Waals surface area contributed by atoms with Gasteiger partial charge in [0.15, 0.2) is 0 Å². The number of hydrogen-bond acceptors (Lipinski definition) is 4. The van der Waals surface area contributed by atoms with Crippen LogP contribution >= 0.6 is 0 Å². The second-order valence-electron chi connectivity index (χ2n) is 7.52. The molecule has 0 saturated carbocycles. The van der Waals surface area contributed by atoms with Gasteiger partial charge in [0.2, 0.25) is 5.91 Å². The van der Waals surface area contributed by atoms with Crippen LogP contribution in [-0.2, 0) is 11.3 Å². The highest BCUT2D eigenvalue weighted by molar-refractivity contribution is 6.11. The molecule has 0 unspecified atom stereocenters. The van der Waals surface area contributed by atoms with Gasteiger partial charge in [-0.15, -0.1) is 0 Å². The maximum absolute atomic E-state index is 13.1. The SMILES string of the molecule is CCOc1ccc(CNC(=O)C[C@@H]2c3ncccc3C(=O)N2c2ccc(C)cc2)cc1. The zero-order chi connectivity index (χ0) is 21.8. The van der Waals surface area contributed by atoms with Crippen LogP contribution in [0.3, 0.4) is 0 Å². The molecule has 6 nitrogen and oxygen atoms in total. The van der Waals surface area contributed by atoms with Gasteiger partial charge in [-0.05, 0) is 55.8 Å². The Hall–Kier alpha value is -3.67. The highest BCUT2D eigenvalue weighted by Gasteiger charge is 2.39. The summed E-state index contributed by atoms with van der Waals surface area (Å²) in [5.74, 6) is 0.539. The molecule has 0 spiro atoms. The maximum Gasteiger partial charge on any atom is 0.260 e. The summed E-state index contributed by atoms with van der Waals surface area (Å²) in [6, 6.07) is 18.5. The smallest absolute Gasteiger partial charge is 0.260 e. The van der Waals surface area contributed by atoms with E-state index in [1.165, 1.54) is 0 Å². The van der Waals surface area contributed by atoms with Gasteiger partial charge in [0.05, 0.1) is 30.3 Å². The van der Waals surface area contributed by atoms with Crippen molar-refractivity contribution in [2.75, 3.05) is 11.5 Å². The third-order valence-electron chi connectivity index (χ3n) is 5.33. The second kappa shape index (κ2) is 9.00. The molecule has 3 aromatic rings. The first-order chi connectivity index (χ1) is 15.1. The third kappa shape index (κ3) is 4.43. The van der Waals surface area contributed by atoms with Gasteiger partial charge < -0.3 is 10.1 Å². The summed E-state index contributed by atoms with van der Waals surface area (Å²) in [6.07, 6.45) is 1.80. The van der Waals surface area contributed by atoms with Crippen LogP contribution in [-0.4, -0.2) is 23.4 Å². The lowest BCUT2D eigenvalue weighted by Gasteiger charge is -2.24. The first-order valence-corrected chi connectivity index (χ1v) is 10.4. The van der Waals surface area contributed by atoms with Crippen LogP contribution < -0.4 is 15.0 Å². The minimum Gasteiger partial charge on any atom is -0.494 e. The number of nitrogens with one attached hydrogen (secondary N) is 1. The number of carbonyl (C=O) groups excluding carboxylic acids is 2. The fraction of sp³-hybridized carbons (Fsp3) is 0.240. The molecule has 0 aliphatic carbocycles. The number of fused-ring (bicyclic) bond motifs is 1. The molecule has 158 valence electrons. The predicted octanol–water partition coefficient (Wildman–Crippen LogP) is 4.20. The van der Waals surface area contributed by atoms with Crippen molar-refractivity contribution in [3.8, 4) is 5.75 Å². The van der Waals surface area contributed by atoms with Gasteiger partial charge in [-0.2, -0.15) is 0 Å². The molecule has 1 N–H and O–H groups in total. The molecule has 31 heavy (non-hydrogen) atoms. The normalized spacial score (nSPS) is 15.0. The number of amides is 2. The van der Waals surface area contributed by atoms with Gasteiger partial charge in [-0.3, -0.25) is 19.5 Å². The van der Waals surface area contributed by atoms with Crippen molar-refractivity contribution in [1.82, 2.24) is 10.3 Å². The summed E-state index contributed by atoms with van der Waals surface area (Å²) in [6.45, 7) is 4.96. The van der Waals surface area contributed by atoms with Gasteiger partial charge in [0, 0.05) is 18.4 Å². The summed E-state index contributed by atoms with van der Waals surface area (Å²) in [7, 11) is 0. The monoisotopic (exact) mass is 415 g/mol. The van der Waals surface area contributed by atoms with E-state index in [1.807, 2.05) is 62.4 Å². The van der Waals surface area contributed by atoms with Crippen LogP contribution in [0.5, 0.6) is 5.75 Å². The molecule has 1 aromatic heterocycles. The number of hydrogen-bond donors (Lipinski definition) is 1. The number of nitrogens with zero attached hydrogens (tertiary/aromatic N) is 2. The number of anilines is 1. The lowest BCUT2D eigenvalue weighted by atomic mass is 10.1. The first-order valence-electron chi connectivity index (χ1n) is 10.4. The van der Waals surface area contributed by atoms with Crippen LogP contribution in [0.15, 0.2) is 66.9 Å². The van der Waals surface area contributed by atoms with Crippen LogP contribution in [0.2, 0.25) is 0 Å². The lowest BCUT2D eigenvalue weighted by Crippen LogP contribution is -2.32. The van der Waals surface area contributed by atoms with Crippen molar-refractivity contribution in [2.24, 2.45) is 0 Å². The number of benzene rings is 2. The van der Waals surface area contributed by atoms with Crippen molar-refractivity contribution in [3.05, 3.63) is 89.2 Å². The van der Waals surface area contributed by atoms with E-state index in [9.17, 15) is 9.59 Å². The van der Waals surface area contributed by atoms with Gasteiger partial charge in [0.25, 0.3) is 5.91 Å². The van der Waals surface area contributed by atoms with Gasteiger partial charge in [-0.25, -0.2) is 0 Å². The molecule has 2 heterocycles. The highest BCUT2D eigenvalue weighted by Crippen LogP contribution is 2.38. The molecule has 1 atom stereocenters. The highest BCUT2D eigenvalue weighted by atomic mass is 16.5. The number of ether oxygens (including phenoxy) is 1. The van der Waals surface area contributed by atoms with Crippen molar-refractivity contribution in [3.63, 3.8) is 0 Å². The minimum absolute atomic E-state index is 0.128. The average Bonchev–Trinajstić information content (AvgIpc) is 3.06. The molecule has 1 aliphatic rings. The lowest BCUT2D eigenvalue weighted by molar-refractivity contribution is -0.121. The Kier molecular flexibility index (Phi) is 5.98. The number of aryl methyl sites for hydroxylation is 1. The van der Waals surface area contributed by atoms with Gasteiger partial charge >= 0.3 is 0 Å². The van der Waals surface area contributed by atoms with E-state index in [1.54, 1.807) is 23.2 Å². The summed E-state index contributed by atoms with van der Waals surface area (Å²) in [4.78, 5) is 32.0. The molecule has 6 heteroatoms. The van der Waals surface area contributed by atoms with Gasteiger partial charge in [-0.1, -0.05) is 29.8 Å². The molecule has 0 radical (unpaired) electrons. The van der Waals surface area contributed by atoms with Gasteiger partial charge in [0.1, 0.15) is 5.75 Å². The van der Waals surface area contributed by atoms with E-state index >= 15 is 0 Å².